The van der Waals surface area contributed by atoms with E-state index in [2.05, 4.69) is 26.8 Å². The van der Waals surface area contributed by atoms with Crippen LogP contribution < -0.4 is 5.73 Å². The van der Waals surface area contributed by atoms with E-state index in [1.165, 1.54) is 6.42 Å². The van der Waals surface area contributed by atoms with Gasteiger partial charge in [-0.05, 0) is 30.6 Å². The van der Waals surface area contributed by atoms with E-state index in [1.54, 1.807) is 0 Å². The fourth-order valence-corrected chi connectivity index (χ4v) is 3.53. The Kier molecular flexibility index (Phi) is 1.45. The first-order chi connectivity index (χ1) is 5.87. The molecular weight excluding hydrogens is 160 g/mol. The minimum atomic E-state index is -0.570. The summed E-state index contributed by atoms with van der Waals surface area (Å²) in [5.74, 6) is 0.655. The normalized spacial score (nSPS) is 52.1. The first-order valence-corrected chi connectivity index (χ1v) is 5.07. The largest absolute Gasteiger partial charge is 0.313 e. The molecule has 2 nitrogen and oxygen atoms in total. The van der Waals surface area contributed by atoms with Gasteiger partial charge in [0.2, 0.25) is 0 Å². The van der Waals surface area contributed by atoms with Gasteiger partial charge in [0.1, 0.15) is 5.54 Å². The molecule has 0 saturated heterocycles. The van der Waals surface area contributed by atoms with Gasteiger partial charge in [-0.3, -0.25) is 0 Å². The highest BCUT2D eigenvalue weighted by atomic mass is 14.9. The SMILES string of the molecule is CC1(C)C2CCC1(C)C(N)(C#N)C2. The topological polar surface area (TPSA) is 49.8 Å². The molecule has 0 aromatic rings. The van der Waals surface area contributed by atoms with Crippen molar-refractivity contribution >= 4 is 0 Å². The quantitative estimate of drug-likeness (QED) is 0.617. The highest BCUT2D eigenvalue weighted by Crippen LogP contribution is 2.68. The Morgan fingerprint density at radius 1 is 1.38 bits per heavy atom. The van der Waals surface area contributed by atoms with Crippen molar-refractivity contribution in [2.24, 2.45) is 22.5 Å². The van der Waals surface area contributed by atoms with Gasteiger partial charge < -0.3 is 5.73 Å². The second kappa shape index (κ2) is 2.09. The van der Waals surface area contributed by atoms with Gasteiger partial charge in [0.05, 0.1) is 6.07 Å². The fraction of sp³-hybridized carbons (Fsp3) is 0.909. The lowest BCUT2D eigenvalue weighted by Gasteiger charge is -2.42. The van der Waals surface area contributed by atoms with Crippen LogP contribution in [0.5, 0.6) is 0 Å². The number of nitrogens with zero attached hydrogens (tertiary/aromatic N) is 1. The Morgan fingerprint density at radius 3 is 2.23 bits per heavy atom. The van der Waals surface area contributed by atoms with Crippen LogP contribution in [0.4, 0.5) is 0 Å². The third kappa shape index (κ3) is 0.729. The molecule has 0 heterocycles. The third-order valence-electron chi connectivity index (χ3n) is 5.19. The molecular formula is C11H18N2. The lowest BCUT2D eigenvalue weighted by atomic mass is 9.64. The summed E-state index contributed by atoms with van der Waals surface area (Å²) in [5.41, 5.74) is 5.90. The minimum absolute atomic E-state index is 0.0272. The van der Waals surface area contributed by atoms with Crippen LogP contribution in [-0.2, 0) is 0 Å². The molecule has 2 N–H and O–H groups in total. The van der Waals surface area contributed by atoms with Gasteiger partial charge in [-0.15, -0.1) is 0 Å². The Balaban J connectivity index is 2.51. The summed E-state index contributed by atoms with van der Waals surface area (Å²) in [5, 5.41) is 9.17. The van der Waals surface area contributed by atoms with E-state index in [0.717, 1.165) is 12.8 Å². The van der Waals surface area contributed by atoms with Gasteiger partial charge in [-0.25, -0.2) is 0 Å². The van der Waals surface area contributed by atoms with Crippen molar-refractivity contribution in [3.63, 3.8) is 0 Å². The maximum Gasteiger partial charge on any atom is 0.110 e. The smallest absolute Gasteiger partial charge is 0.110 e. The molecule has 2 heteroatoms. The zero-order valence-electron chi connectivity index (χ0n) is 8.72. The first kappa shape index (κ1) is 9.02. The molecule has 2 aliphatic rings. The van der Waals surface area contributed by atoms with Crippen LogP contribution in [0.25, 0.3) is 0 Å². The van der Waals surface area contributed by atoms with Crippen LogP contribution in [0.3, 0.4) is 0 Å². The molecule has 2 aliphatic carbocycles. The number of rotatable bonds is 0. The third-order valence-corrected chi connectivity index (χ3v) is 5.19. The van der Waals surface area contributed by atoms with E-state index in [4.69, 9.17) is 11.0 Å². The van der Waals surface area contributed by atoms with Crippen molar-refractivity contribution in [3.8, 4) is 6.07 Å². The number of nitriles is 1. The zero-order valence-corrected chi connectivity index (χ0v) is 8.72. The van der Waals surface area contributed by atoms with Crippen LogP contribution in [0, 0.1) is 28.1 Å². The van der Waals surface area contributed by atoms with E-state index >= 15 is 0 Å². The minimum Gasteiger partial charge on any atom is -0.313 e. The molecule has 0 amide bonds. The fourth-order valence-electron chi connectivity index (χ4n) is 3.53. The highest BCUT2D eigenvalue weighted by molar-refractivity contribution is 5.27. The number of fused-ring (bicyclic) bond motifs is 2. The maximum absolute atomic E-state index is 9.17. The van der Waals surface area contributed by atoms with E-state index in [1.807, 2.05) is 0 Å². The Bertz CT molecular complexity index is 289. The molecule has 72 valence electrons. The molecule has 13 heavy (non-hydrogen) atoms. The van der Waals surface area contributed by atoms with Crippen molar-refractivity contribution in [3.05, 3.63) is 0 Å². The summed E-state index contributed by atoms with van der Waals surface area (Å²) in [7, 11) is 0. The first-order valence-electron chi connectivity index (χ1n) is 5.07. The van der Waals surface area contributed by atoms with Gasteiger partial charge >= 0.3 is 0 Å². The van der Waals surface area contributed by atoms with Crippen molar-refractivity contribution in [2.75, 3.05) is 0 Å². The summed E-state index contributed by atoms with van der Waals surface area (Å²) < 4.78 is 0. The highest BCUT2D eigenvalue weighted by Gasteiger charge is 2.67. The zero-order chi connectivity index (χ0) is 9.91. The van der Waals surface area contributed by atoms with Gasteiger partial charge in [0.25, 0.3) is 0 Å². The summed E-state index contributed by atoms with van der Waals surface area (Å²) in [6.07, 6.45) is 3.27. The molecule has 2 fully saturated rings. The van der Waals surface area contributed by atoms with Crippen molar-refractivity contribution in [1.29, 1.82) is 5.26 Å². The van der Waals surface area contributed by atoms with E-state index in [0.29, 0.717) is 5.92 Å². The summed E-state index contributed by atoms with van der Waals surface area (Å²) in [6.45, 7) is 6.75. The summed E-state index contributed by atoms with van der Waals surface area (Å²) in [4.78, 5) is 0. The van der Waals surface area contributed by atoms with Gasteiger partial charge in [0.15, 0.2) is 0 Å². The molecule has 0 aromatic carbocycles. The van der Waals surface area contributed by atoms with E-state index in [9.17, 15) is 0 Å². The number of hydrogen-bond acceptors (Lipinski definition) is 2. The average Bonchev–Trinajstić information content (AvgIpc) is 2.36. The van der Waals surface area contributed by atoms with E-state index in [-0.39, 0.29) is 10.8 Å². The standard InChI is InChI=1S/C11H18N2/c1-9(2)8-4-5-10(9,3)11(13,6-8)7-12/h8H,4-6,13H2,1-3H3. The molecule has 0 spiro atoms. The average molecular weight is 178 g/mol. The molecule has 0 aliphatic heterocycles. The van der Waals surface area contributed by atoms with E-state index < -0.39 is 5.54 Å². The summed E-state index contributed by atoms with van der Waals surface area (Å²) in [6, 6.07) is 2.35. The molecule has 0 aromatic heterocycles. The molecule has 3 unspecified atom stereocenters. The van der Waals surface area contributed by atoms with Crippen molar-refractivity contribution in [1.82, 2.24) is 0 Å². The maximum atomic E-state index is 9.17. The van der Waals surface area contributed by atoms with Gasteiger partial charge in [0, 0.05) is 5.41 Å². The van der Waals surface area contributed by atoms with Crippen molar-refractivity contribution in [2.45, 2.75) is 45.6 Å². The Labute approximate surface area is 80.1 Å². The molecule has 3 atom stereocenters. The number of nitrogens with two attached hydrogens (primary N) is 1. The second-order valence-electron chi connectivity index (χ2n) is 5.58. The molecule has 2 bridgehead atoms. The van der Waals surface area contributed by atoms with Crippen LogP contribution in [0.1, 0.15) is 40.0 Å². The van der Waals surface area contributed by atoms with Gasteiger partial charge in [-0.1, -0.05) is 20.8 Å². The predicted molar refractivity (Wildman–Crippen MR) is 51.8 cm³/mol. The van der Waals surface area contributed by atoms with Gasteiger partial charge in [-0.2, -0.15) is 5.26 Å². The lowest BCUT2D eigenvalue weighted by molar-refractivity contribution is 0.108. The van der Waals surface area contributed by atoms with Crippen LogP contribution >= 0.6 is 0 Å². The van der Waals surface area contributed by atoms with Crippen LogP contribution in [0.2, 0.25) is 0 Å². The Hall–Kier alpha value is -0.550. The molecule has 0 radical (unpaired) electrons. The van der Waals surface area contributed by atoms with Crippen LogP contribution in [-0.4, -0.2) is 5.54 Å². The Morgan fingerprint density at radius 2 is 2.00 bits per heavy atom. The number of hydrogen-bond donors (Lipinski definition) is 1. The molecule has 2 rings (SSSR count). The lowest BCUT2D eigenvalue weighted by Crippen LogP contribution is -2.53. The van der Waals surface area contributed by atoms with Crippen molar-refractivity contribution < 1.29 is 0 Å². The monoisotopic (exact) mass is 178 g/mol. The predicted octanol–water partition coefficient (Wildman–Crippen LogP) is 2.05. The summed E-state index contributed by atoms with van der Waals surface area (Å²) >= 11 is 0. The second-order valence-corrected chi connectivity index (χ2v) is 5.58. The molecule has 2 saturated carbocycles. The van der Waals surface area contributed by atoms with Crippen LogP contribution in [0.15, 0.2) is 0 Å².